The number of carbonyl (C=O) groups excluding carboxylic acids is 1. The second-order valence-electron chi connectivity index (χ2n) is 4.73. The minimum absolute atomic E-state index is 0.164. The van der Waals surface area contributed by atoms with Crippen molar-refractivity contribution in [2.75, 3.05) is 19.6 Å². The molecule has 0 bridgehead atoms. The molecule has 0 radical (unpaired) electrons. The van der Waals surface area contributed by atoms with Gasteiger partial charge >= 0.3 is 0 Å². The molecule has 6 nitrogen and oxygen atoms in total. The average molecular weight is 313 g/mol. The van der Waals surface area contributed by atoms with Gasteiger partial charge in [0.1, 0.15) is 0 Å². The molecule has 1 rings (SSSR count). The summed E-state index contributed by atoms with van der Waals surface area (Å²) in [5.41, 5.74) is 1.04. The van der Waals surface area contributed by atoms with Crippen molar-refractivity contribution in [3.05, 3.63) is 29.8 Å². The summed E-state index contributed by atoms with van der Waals surface area (Å²) < 4.78 is 26.5. The summed E-state index contributed by atoms with van der Waals surface area (Å²) in [4.78, 5) is 10.9. The maximum absolute atomic E-state index is 12.0. The molecule has 1 aromatic rings. The van der Waals surface area contributed by atoms with Crippen LogP contribution in [0.15, 0.2) is 29.2 Å². The van der Waals surface area contributed by atoms with Crippen LogP contribution in [0.4, 0.5) is 0 Å². The molecular weight excluding hydrogens is 290 g/mol. The van der Waals surface area contributed by atoms with E-state index in [0.29, 0.717) is 0 Å². The molecule has 0 aromatic heterocycles. The number of hydrogen-bond donors (Lipinski definition) is 3. The van der Waals surface area contributed by atoms with Crippen LogP contribution in [-0.2, 0) is 14.8 Å². The van der Waals surface area contributed by atoms with E-state index in [1.807, 2.05) is 13.8 Å². The predicted octanol–water partition coefficient (Wildman–Crippen LogP) is 0.772. The van der Waals surface area contributed by atoms with Gasteiger partial charge in [-0.1, -0.05) is 19.1 Å². The number of amides is 1. The minimum atomic E-state index is -3.53. The Morgan fingerprint density at radius 2 is 1.81 bits per heavy atom. The van der Waals surface area contributed by atoms with Crippen LogP contribution in [-0.4, -0.2) is 34.0 Å². The van der Waals surface area contributed by atoms with Gasteiger partial charge in [-0.3, -0.25) is 4.79 Å². The van der Waals surface area contributed by atoms with Crippen LogP contribution in [0.25, 0.3) is 0 Å². The third-order valence-electron chi connectivity index (χ3n) is 2.99. The smallest absolute Gasteiger partial charge is 0.240 e. The molecule has 0 spiro atoms. The van der Waals surface area contributed by atoms with Crippen molar-refractivity contribution in [3.8, 4) is 0 Å². The zero-order valence-electron chi connectivity index (χ0n) is 12.6. The third-order valence-corrected chi connectivity index (χ3v) is 4.47. The van der Waals surface area contributed by atoms with E-state index in [1.165, 1.54) is 6.92 Å². The molecule has 7 heteroatoms. The molecule has 0 aliphatic carbocycles. The Morgan fingerprint density at radius 1 is 1.19 bits per heavy atom. The van der Waals surface area contributed by atoms with Crippen molar-refractivity contribution in [3.63, 3.8) is 0 Å². The molecule has 1 unspecified atom stereocenters. The first-order valence-electron chi connectivity index (χ1n) is 6.94. The van der Waals surface area contributed by atoms with Gasteiger partial charge in [0.25, 0.3) is 0 Å². The van der Waals surface area contributed by atoms with Gasteiger partial charge in [-0.15, -0.1) is 0 Å². The SMILES string of the molecule is CCNC(C)c1ccc(S(=O)(=O)NCCNC(C)=O)cc1. The van der Waals surface area contributed by atoms with Crippen LogP contribution < -0.4 is 15.4 Å². The molecule has 0 aliphatic heterocycles. The van der Waals surface area contributed by atoms with Crippen molar-refractivity contribution in [1.82, 2.24) is 15.4 Å². The first-order valence-corrected chi connectivity index (χ1v) is 8.42. The molecule has 0 aliphatic rings. The summed E-state index contributed by atoms with van der Waals surface area (Å²) in [6.07, 6.45) is 0. The highest BCUT2D eigenvalue weighted by atomic mass is 32.2. The summed E-state index contributed by atoms with van der Waals surface area (Å²) in [5, 5.41) is 5.80. The van der Waals surface area contributed by atoms with Crippen molar-refractivity contribution in [2.45, 2.75) is 31.7 Å². The Kier molecular flexibility index (Phi) is 6.80. The zero-order chi connectivity index (χ0) is 15.9. The summed E-state index contributed by atoms with van der Waals surface area (Å²) in [5.74, 6) is -0.184. The van der Waals surface area contributed by atoms with Gasteiger partial charge in [-0.25, -0.2) is 13.1 Å². The maximum atomic E-state index is 12.0. The monoisotopic (exact) mass is 313 g/mol. The van der Waals surface area contributed by atoms with Gasteiger partial charge < -0.3 is 10.6 Å². The zero-order valence-corrected chi connectivity index (χ0v) is 13.5. The third kappa shape index (κ3) is 5.82. The molecule has 0 saturated carbocycles. The first kappa shape index (κ1) is 17.6. The van der Waals surface area contributed by atoms with E-state index in [4.69, 9.17) is 0 Å². The van der Waals surface area contributed by atoms with E-state index in [2.05, 4.69) is 15.4 Å². The number of sulfonamides is 1. The van der Waals surface area contributed by atoms with E-state index < -0.39 is 10.0 Å². The minimum Gasteiger partial charge on any atom is -0.355 e. The van der Waals surface area contributed by atoms with Gasteiger partial charge in [-0.2, -0.15) is 0 Å². The summed E-state index contributed by atoms with van der Waals surface area (Å²) in [6, 6.07) is 6.96. The lowest BCUT2D eigenvalue weighted by Gasteiger charge is -2.13. The lowest BCUT2D eigenvalue weighted by molar-refractivity contribution is -0.118. The van der Waals surface area contributed by atoms with Gasteiger partial charge in [0.05, 0.1) is 4.90 Å². The lowest BCUT2D eigenvalue weighted by Crippen LogP contribution is -2.33. The second kappa shape index (κ2) is 8.11. The van der Waals surface area contributed by atoms with Gasteiger partial charge in [0, 0.05) is 26.1 Å². The standard InChI is InChI=1S/C14H23N3O3S/c1-4-15-11(2)13-5-7-14(8-6-13)21(19,20)17-10-9-16-12(3)18/h5-8,11,15,17H,4,9-10H2,1-3H3,(H,16,18). The molecular formula is C14H23N3O3S. The van der Waals surface area contributed by atoms with E-state index in [0.717, 1.165) is 12.1 Å². The Hall–Kier alpha value is -1.44. The van der Waals surface area contributed by atoms with E-state index >= 15 is 0 Å². The Morgan fingerprint density at radius 3 is 2.33 bits per heavy atom. The van der Waals surface area contributed by atoms with Crippen molar-refractivity contribution < 1.29 is 13.2 Å². The van der Waals surface area contributed by atoms with E-state index in [1.54, 1.807) is 24.3 Å². The largest absolute Gasteiger partial charge is 0.355 e. The first-order chi connectivity index (χ1) is 9.86. The summed E-state index contributed by atoms with van der Waals surface area (Å²) in [6.45, 7) is 6.72. The molecule has 118 valence electrons. The van der Waals surface area contributed by atoms with Crippen LogP contribution in [0.3, 0.4) is 0 Å². The molecule has 21 heavy (non-hydrogen) atoms. The normalized spacial score (nSPS) is 12.9. The molecule has 1 amide bonds. The average Bonchev–Trinajstić information content (AvgIpc) is 2.44. The summed E-state index contributed by atoms with van der Waals surface area (Å²) in [7, 11) is -3.53. The maximum Gasteiger partial charge on any atom is 0.240 e. The van der Waals surface area contributed by atoms with Crippen LogP contribution >= 0.6 is 0 Å². The fourth-order valence-corrected chi connectivity index (χ4v) is 2.90. The van der Waals surface area contributed by atoms with Crippen LogP contribution in [0.2, 0.25) is 0 Å². The lowest BCUT2D eigenvalue weighted by atomic mass is 10.1. The van der Waals surface area contributed by atoms with Gasteiger partial charge in [-0.05, 0) is 31.2 Å². The quantitative estimate of drug-likeness (QED) is 0.619. The van der Waals surface area contributed by atoms with Crippen LogP contribution in [0.5, 0.6) is 0 Å². The molecule has 1 atom stereocenters. The highest BCUT2D eigenvalue weighted by Gasteiger charge is 2.13. The van der Waals surface area contributed by atoms with Gasteiger partial charge in [0.15, 0.2) is 0 Å². The fourth-order valence-electron chi connectivity index (χ4n) is 1.87. The number of rotatable bonds is 8. The molecule has 0 heterocycles. The van der Waals surface area contributed by atoms with Crippen LogP contribution in [0.1, 0.15) is 32.4 Å². The van der Waals surface area contributed by atoms with E-state index in [-0.39, 0.29) is 29.9 Å². The van der Waals surface area contributed by atoms with Crippen molar-refractivity contribution in [1.29, 1.82) is 0 Å². The van der Waals surface area contributed by atoms with E-state index in [9.17, 15) is 13.2 Å². The number of benzene rings is 1. The molecule has 0 fully saturated rings. The van der Waals surface area contributed by atoms with Crippen molar-refractivity contribution in [2.24, 2.45) is 0 Å². The molecule has 1 aromatic carbocycles. The fraction of sp³-hybridized carbons (Fsp3) is 0.500. The van der Waals surface area contributed by atoms with Gasteiger partial charge in [0.2, 0.25) is 15.9 Å². The topological polar surface area (TPSA) is 87.3 Å². The highest BCUT2D eigenvalue weighted by Crippen LogP contribution is 2.15. The predicted molar refractivity (Wildman–Crippen MR) is 82.4 cm³/mol. The Balaban J connectivity index is 2.65. The Labute approximate surface area is 126 Å². The van der Waals surface area contributed by atoms with Crippen LogP contribution in [0, 0.1) is 0 Å². The molecule has 3 N–H and O–H groups in total. The highest BCUT2D eigenvalue weighted by molar-refractivity contribution is 7.89. The number of nitrogens with one attached hydrogen (secondary N) is 3. The molecule has 0 saturated heterocycles. The van der Waals surface area contributed by atoms with Crippen molar-refractivity contribution >= 4 is 15.9 Å². The number of hydrogen-bond acceptors (Lipinski definition) is 4. The number of carbonyl (C=O) groups is 1. The summed E-state index contributed by atoms with van der Waals surface area (Å²) >= 11 is 0. The Bertz CT molecular complexity index is 555. The second-order valence-corrected chi connectivity index (χ2v) is 6.50.